The summed E-state index contributed by atoms with van der Waals surface area (Å²) in [7, 11) is 0. The first kappa shape index (κ1) is 18.5. The second-order valence-electron chi connectivity index (χ2n) is 9.14. The second-order valence-corrected chi connectivity index (χ2v) is 10.2. The monoisotopic (exact) mass is 398 g/mol. The van der Waals surface area contributed by atoms with Crippen LogP contribution in [0.3, 0.4) is 0 Å². The molecule has 1 atom stereocenters. The lowest BCUT2D eigenvalue weighted by atomic mass is 9.78. The van der Waals surface area contributed by atoms with Crippen molar-refractivity contribution in [1.29, 1.82) is 0 Å². The molecule has 3 aliphatic rings. The lowest BCUT2D eigenvalue weighted by Crippen LogP contribution is -2.27. The van der Waals surface area contributed by atoms with Crippen LogP contribution in [-0.2, 0) is 11.2 Å². The first-order valence-electron chi connectivity index (χ1n) is 11.1. The van der Waals surface area contributed by atoms with Gasteiger partial charge in [-0.3, -0.25) is 0 Å². The summed E-state index contributed by atoms with van der Waals surface area (Å²) in [5.41, 5.74) is 1.31. The molecular formula is C23H30N2O2S. The molecule has 0 amide bonds. The molecule has 5 rings (SSSR count). The Labute approximate surface area is 171 Å². The molecular weight excluding hydrogens is 368 g/mol. The van der Waals surface area contributed by atoms with E-state index in [0.717, 1.165) is 53.6 Å². The van der Waals surface area contributed by atoms with Crippen molar-refractivity contribution < 1.29 is 9.53 Å². The zero-order valence-corrected chi connectivity index (χ0v) is 17.6. The molecule has 0 aliphatic heterocycles. The average molecular weight is 399 g/mol. The first-order valence-corrected chi connectivity index (χ1v) is 11.9. The van der Waals surface area contributed by atoms with E-state index in [-0.39, 0.29) is 11.9 Å². The molecule has 2 saturated carbocycles. The Balaban J connectivity index is 1.34. The molecule has 2 aromatic rings. The van der Waals surface area contributed by atoms with Crippen LogP contribution in [0.25, 0.3) is 10.2 Å². The van der Waals surface area contributed by atoms with Crippen LogP contribution in [0, 0.1) is 11.8 Å². The van der Waals surface area contributed by atoms with E-state index in [9.17, 15) is 4.79 Å². The molecule has 0 bridgehead atoms. The summed E-state index contributed by atoms with van der Waals surface area (Å²) in [4.78, 5) is 23.2. The van der Waals surface area contributed by atoms with E-state index >= 15 is 0 Å². The highest BCUT2D eigenvalue weighted by Gasteiger charge is 2.33. The number of carbonyl (C=O) groups is 1. The van der Waals surface area contributed by atoms with Gasteiger partial charge < -0.3 is 9.53 Å². The standard InChI is InChI=1S/C23H30N2O2S/c1-14(26)12-17-8-11-19-20(17)21-22(24-13-25-23(21)28-19)27-18-9-6-16(7-10-18)15-4-2-3-5-15/h13,15-18H,2-12H2,1H3/t16-,17-,18-/m1/s1. The zero-order valence-electron chi connectivity index (χ0n) is 16.8. The van der Waals surface area contributed by atoms with Crippen molar-refractivity contribution in [2.45, 2.75) is 89.6 Å². The summed E-state index contributed by atoms with van der Waals surface area (Å²) < 4.78 is 6.49. The number of aromatic nitrogens is 2. The van der Waals surface area contributed by atoms with Crippen molar-refractivity contribution in [3.63, 3.8) is 0 Å². The number of rotatable bonds is 5. The van der Waals surface area contributed by atoms with Crippen molar-refractivity contribution in [3.8, 4) is 5.88 Å². The van der Waals surface area contributed by atoms with E-state index in [1.165, 1.54) is 49.0 Å². The molecule has 28 heavy (non-hydrogen) atoms. The third kappa shape index (κ3) is 3.47. The van der Waals surface area contributed by atoms with Crippen molar-refractivity contribution in [2.75, 3.05) is 0 Å². The number of Topliss-reactive ketones (excluding diaryl/α,β-unsaturated/α-hetero) is 1. The van der Waals surface area contributed by atoms with Crippen molar-refractivity contribution >= 4 is 27.3 Å². The van der Waals surface area contributed by atoms with Crippen LogP contribution in [0.1, 0.15) is 87.5 Å². The van der Waals surface area contributed by atoms with Crippen LogP contribution in [0.4, 0.5) is 0 Å². The minimum absolute atomic E-state index is 0.266. The van der Waals surface area contributed by atoms with E-state index in [1.807, 2.05) is 0 Å². The zero-order chi connectivity index (χ0) is 19.1. The molecule has 2 heterocycles. The number of ketones is 1. The van der Waals surface area contributed by atoms with Gasteiger partial charge in [-0.2, -0.15) is 0 Å². The topological polar surface area (TPSA) is 52.1 Å². The van der Waals surface area contributed by atoms with Gasteiger partial charge in [0.2, 0.25) is 5.88 Å². The van der Waals surface area contributed by atoms with Crippen LogP contribution in [0.2, 0.25) is 0 Å². The minimum Gasteiger partial charge on any atom is -0.474 e. The number of nitrogens with zero attached hydrogens (tertiary/aromatic N) is 2. The SMILES string of the molecule is CC(=O)C[C@H]1CCc2sc3ncnc(O[C@H]4CC[C@H](C5CCCC5)CC4)c3c21. The van der Waals surface area contributed by atoms with Gasteiger partial charge in [0.1, 0.15) is 23.0 Å². The highest BCUT2D eigenvalue weighted by molar-refractivity contribution is 7.19. The summed E-state index contributed by atoms with van der Waals surface area (Å²) in [5.74, 6) is 3.23. The van der Waals surface area contributed by atoms with Gasteiger partial charge >= 0.3 is 0 Å². The molecule has 5 heteroatoms. The van der Waals surface area contributed by atoms with Crippen LogP contribution in [0.15, 0.2) is 6.33 Å². The Hall–Kier alpha value is -1.49. The summed E-state index contributed by atoms with van der Waals surface area (Å²) in [6.07, 6.45) is 15.3. The number of thiophene rings is 1. The Morgan fingerprint density at radius 3 is 2.57 bits per heavy atom. The molecule has 2 aromatic heterocycles. The highest BCUT2D eigenvalue weighted by atomic mass is 32.1. The fourth-order valence-corrected chi connectivity index (χ4v) is 7.18. The van der Waals surface area contributed by atoms with E-state index < -0.39 is 0 Å². The maximum atomic E-state index is 11.7. The van der Waals surface area contributed by atoms with Gasteiger partial charge in [0.25, 0.3) is 0 Å². The van der Waals surface area contributed by atoms with Gasteiger partial charge in [-0.1, -0.05) is 25.7 Å². The third-order valence-electron chi connectivity index (χ3n) is 7.29. The number of hydrogen-bond acceptors (Lipinski definition) is 5. The van der Waals surface area contributed by atoms with Crippen molar-refractivity contribution in [3.05, 3.63) is 16.8 Å². The maximum absolute atomic E-state index is 11.7. The molecule has 0 aromatic carbocycles. The maximum Gasteiger partial charge on any atom is 0.225 e. The second kappa shape index (κ2) is 7.74. The van der Waals surface area contributed by atoms with Gasteiger partial charge in [0.05, 0.1) is 5.39 Å². The molecule has 0 saturated heterocycles. The quantitative estimate of drug-likeness (QED) is 0.636. The van der Waals surface area contributed by atoms with E-state index in [1.54, 1.807) is 24.6 Å². The number of hydrogen-bond donors (Lipinski definition) is 0. The van der Waals surface area contributed by atoms with E-state index in [0.29, 0.717) is 12.3 Å². The molecule has 150 valence electrons. The number of ether oxygens (including phenoxy) is 1. The fourth-order valence-electron chi connectivity index (χ4n) is 5.95. The Morgan fingerprint density at radius 2 is 1.82 bits per heavy atom. The summed E-state index contributed by atoms with van der Waals surface area (Å²) >= 11 is 1.77. The van der Waals surface area contributed by atoms with Gasteiger partial charge in [0.15, 0.2) is 0 Å². The van der Waals surface area contributed by atoms with Crippen molar-refractivity contribution in [1.82, 2.24) is 9.97 Å². The Kier molecular flexibility index (Phi) is 5.12. The molecule has 2 fully saturated rings. The fraction of sp³-hybridized carbons (Fsp3) is 0.696. The number of carbonyl (C=O) groups excluding carboxylic acids is 1. The normalized spacial score (nSPS) is 28.0. The summed E-state index contributed by atoms with van der Waals surface area (Å²) in [6.45, 7) is 1.70. The van der Waals surface area contributed by atoms with Crippen LogP contribution in [-0.4, -0.2) is 21.9 Å². The van der Waals surface area contributed by atoms with Crippen LogP contribution >= 0.6 is 11.3 Å². The molecule has 0 unspecified atom stereocenters. The van der Waals surface area contributed by atoms with Gasteiger partial charge in [-0.15, -0.1) is 11.3 Å². The molecule has 0 radical (unpaired) electrons. The minimum atomic E-state index is 0.266. The average Bonchev–Trinajstić information content (AvgIpc) is 3.40. The highest BCUT2D eigenvalue weighted by Crippen LogP contribution is 2.48. The first-order chi connectivity index (χ1) is 13.7. The lowest BCUT2D eigenvalue weighted by Gasteiger charge is -2.32. The van der Waals surface area contributed by atoms with Gasteiger partial charge in [-0.05, 0) is 68.8 Å². The smallest absolute Gasteiger partial charge is 0.225 e. The lowest BCUT2D eigenvalue weighted by molar-refractivity contribution is -0.117. The van der Waals surface area contributed by atoms with Crippen LogP contribution < -0.4 is 4.74 Å². The third-order valence-corrected chi connectivity index (χ3v) is 8.47. The molecule has 4 nitrogen and oxygen atoms in total. The van der Waals surface area contributed by atoms with E-state index in [4.69, 9.17) is 4.74 Å². The molecule has 0 N–H and O–H groups in total. The summed E-state index contributed by atoms with van der Waals surface area (Å²) in [6, 6.07) is 0. The van der Waals surface area contributed by atoms with Gasteiger partial charge in [-0.25, -0.2) is 9.97 Å². The Bertz CT molecular complexity index is 863. The van der Waals surface area contributed by atoms with E-state index in [2.05, 4.69) is 9.97 Å². The van der Waals surface area contributed by atoms with Crippen molar-refractivity contribution in [2.24, 2.45) is 11.8 Å². The van der Waals surface area contributed by atoms with Crippen LogP contribution in [0.5, 0.6) is 5.88 Å². The predicted molar refractivity (Wildman–Crippen MR) is 112 cm³/mol. The molecule has 3 aliphatic carbocycles. The largest absolute Gasteiger partial charge is 0.474 e. The number of fused-ring (bicyclic) bond motifs is 3. The summed E-state index contributed by atoms with van der Waals surface area (Å²) in [5, 5.41) is 1.10. The molecule has 0 spiro atoms. The Morgan fingerprint density at radius 1 is 1.07 bits per heavy atom. The van der Waals surface area contributed by atoms with Gasteiger partial charge in [0, 0.05) is 11.3 Å². The predicted octanol–water partition coefficient (Wildman–Crippen LogP) is 5.83. The number of aryl methyl sites for hydroxylation is 1.